The first kappa shape index (κ1) is 18.7. The summed E-state index contributed by atoms with van der Waals surface area (Å²) in [6, 6.07) is 9.11. The molecule has 0 unspecified atom stereocenters. The van der Waals surface area contributed by atoms with E-state index in [1.165, 1.54) is 0 Å². The van der Waals surface area contributed by atoms with E-state index in [2.05, 4.69) is 15.6 Å². The lowest BCUT2D eigenvalue weighted by molar-refractivity contribution is -0.137. The number of benzene rings is 1. The van der Waals surface area contributed by atoms with E-state index in [9.17, 15) is 9.59 Å². The Labute approximate surface area is 158 Å². The van der Waals surface area contributed by atoms with E-state index in [1.54, 1.807) is 32.7 Å². The van der Waals surface area contributed by atoms with Crippen molar-refractivity contribution < 1.29 is 19.1 Å². The number of carbonyl (C=O) groups excluding carboxylic acids is 2. The molecule has 1 fully saturated rings. The highest BCUT2D eigenvalue weighted by atomic mass is 16.5. The van der Waals surface area contributed by atoms with Crippen LogP contribution in [0.2, 0.25) is 0 Å². The first-order chi connectivity index (χ1) is 13.1. The highest BCUT2D eigenvalue weighted by Crippen LogP contribution is 2.46. The first-order valence-electron chi connectivity index (χ1n) is 8.75. The SMILES string of the molecule is COc1ccc(CNC(=O)C2(C(=O)NCc3ccncc3)CC2)cc1OC. The minimum atomic E-state index is -0.955. The van der Waals surface area contributed by atoms with Crippen LogP contribution in [0.3, 0.4) is 0 Å². The van der Waals surface area contributed by atoms with Gasteiger partial charge in [-0.25, -0.2) is 0 Å². The number of pyridine rings is 1. The second-order valence-electron chi connectivity index (χ2n) is 6.49. The van der Waals surface area contributed by atoms with E-state index in [0.29, 0.717) is 37.4 Å². The molecule has 0 spiro atoms. The molecule has 1 aliphatic carbocycles. The van der Waals surface area contributed by atoms with Gasteiger partial charge in [-0.2, -0.15) is 0 Å². The van der Waals surface area contributed by atoms with Gasteiger partial charge in [0.2, 0.25) is 11.8 Å². The molecule has 1 aliphatic rings. The fraction of sp³-hybridized carbons (Fsp3) is 0.350. The minimum absolute atomic E-state index is 0.232. The molecule has 0 radical (unpaired) electrons. The third kappa shape index (κ3) is 4.19. The van der Waals surface area contributed by atoms with Gasteiger partial charge >= 0.3 is 0 Å². The molecule has 1 saturated carbocycles. The van der Waals surface area contributed by atoms with E-state index < -0.39 is 5.41 Å². The maximum absolute atomic E-state index is 12.6. The smallest absolute Gasteiger partial charge is 0.235 e. The molecule has 7 heteroatoms. The number of amides is 2. The largest absolute Gasteiger partial charge is 0.493 e. The van der Waals surface area contributed by atoms with E-state index in [4.69, 9.17) is 9.47 Å². The molecule has 2 amide bonds. The number of methoxy groups -OCH3 is 2. The van der Waals surface area contributed by atoms with Gasteiger partial charge in [-0.3, -0.25) is 14.6 Å². The van der Waals surface area contributed by atoms with E-state index in [0.717, 1.165) is 11.1 Å². The summed E-state index contributed by atoms with van der Waals surface area (Å²) in [6.45, 7) is 0.699. The average Bonchev–Trinajstić information content (AvgIpc) is 3.53. The summed E-state index contributed by atoms with van der Waals surface area (Å²) in [7, 11) is 3.13. The third-order valence-electron chi connectivity index (χ3n) is 4.72. The van der Waals surface area contributed by atoms with Crippen molar-refractivity contribution in [3.63, 3.8) is 0 Å². The van der Waals surface area contributed by atoms with Gasteiger partial charge in [-0.1, -0.05) is 6.07 Å². The van der Waals surface area contributed by atoms with E-state index in [1.807, 2.05) is 24.3 Å². The van der Waals surface area contributed by atoms with Crippen LogP contribution in [0.25, 0.3) is 0 Å². The Hall–Kier alpha value is -3.09. The summed E-state index contributed by atoms with van der Waals surface area (Å²) in [5.74, 6) is 0.746. The Morgan fingerprint density at radius 1 is 0.926 bits per heavy atom. The third-order valence-corrected chi connectivity index (χ3v) is 4.72. The number of hydrogen-bond donors (Lipinski definition) is 2. The summed E-state index contributed by atoms with van der Waals surface area (Å²) in [5, 5.41) is 5.71. The minimum Gasteiger partial charge on any atom is -0.493 e. The Balaban J connectivity index is 1.56. The molecule has 0 atom stereocenters. The molecular formula is C20H23N3O4. The van der Waals surface area contributed by atoms with Crippen molar-refractivity contribution in [2.75, 3.05) is 14.2 Å². The molecule has 2 aromatic rings. The van der Waals surface area contributed by atoms with Crippen molar-refractivity contribution in [2.45, 2.75) is 25.9 Å². The van der Waals surface area contributed by atoms with Crippen LogP contribution in [0.15, 0.2) is 42.7 Å². The Kier molecular flexibility index (Phi) is 5.59. The van der Waals surface area contributed by atoms with Crippen LogP contribution in [-0.4, -0.2) is 31.0 Å². The van der Waals surface area contributed by atoms with Gasteiger partial charge in [0.15, 0.2) is 11.5 Å². The molecule has 1 aromatic heterocycles. The van der Waals surface area contributed by atoms with Crippen molar-refractivity contribution in [1.82, 2.24) is 15.6 Å². The van der Waals surface area contributed by atoms with E-state index >= 15 is 0 Å². The van der Waals surface area contributed by atoms with Gasteiger partial charge in [-0.05, 0) is 48.2 Å². The van der Waals surface area contributed by atoms with Crippen LogP contribution in [-0.2, 0) is 22.7 Å². The van der Waals surface area contributed by atoms with Crippen LogP contribution in [0.4, 0.5) is 0 Å². The highest BCUT2D eigenvalue weighted by molar-refractivity contribution is 6.07. The lowest BCUT2D eigenvalue weighted by atomic mass is 10.0. The molecular weight excluding hydrogens is 346 g/mol. The van der Waals surface area contributed by atoms with Gasteiger partial charge in [0.25, 0.3) is 0 Å². The summed E-state index contributed by atoms with van der Waals surface area (Å²) in [6.07, 6.45) is 4.47. The fourth-order valence-electron chi connectivity index (χ4n) is 2.88. The van der Waals surface area contributed by atoms with Crippen LogP contribution in [0, 0.1) is 5.41 Å². The maximum Gasteiger partial charge on any atom is 0.235 e. The molecule has 7 nitrogen and oxygen atoms in total. The molecule has 2 N–H and O–H groups in total. The number of nitrogens with zero attached hydrogens (tertiary/aromatic N) is 1. The monoisotopic (exact) mass is 369 g/mol. The number of aromatic nitrogens is 1. The van der Waals surface area contributed by atoms with Crippen molar-refractivity contribution in [1.29, 1.82) is 0 Å². The number of rotatable bonds is 8. The van der Waals surface area contributed by atoms with Gasteiger partial charge < -0.3 is 20.1 Å². The summed E-state index contributed by atoms with van der Waals surface area (Å²) < 4.78 is 10.5. The molecule has 0 bridgehead atoms. The zero-order valence-electron chi connectivity index (χ0n) is 15.5. The first-order valence-corrected chi connectivity index (χ1v) is 8.75. The molecule has 1 aromatic carbocycles. The second kappa shape index (κ2) is 8.07. The standard InChI is InChI=1S/C20H23N3O4/c1-26-16-4-3-15(11-17(16)27-2)13-23-19(25)20(7-8-20)18(24)22-12-14-5-9-21-10-6-14/h3-6,9-11H,7-8,12-13H2,1-2H3,(H,22,24)(H,23,25). The van der Waals surface area contributed by atoms with Gasteiger partial charge in [0.1, 0.15) is 5.41 Å². The lowest BCUT2D eigenvalue weighted by Gasteiger charge is -2.16. The molecule has 1 heterocycles. The fourth-order valence-corrected chi connectivity index (χ4v) is 2.88. The quantitative estimate of drug-likeness (QED) is 0.693. The molecule has 142 valence electrons. The van der Waals surface area contributed by atoms with Crippen molar-refractivity contribution in [3.05, 3.63) is 53.9 Å². The Morgan fingerprint density at radius 2 is 1.52 bits per heavy atom. The summed E-state index contributed by atoms with van der Waals surface area (Å²) in [4.78, 5) is 29.1. The highest BCUT2D eigenvalue weighted by Gasteiger charge is 2.56. The molecule has 0 aliphatic heterocycles. The maximum atomic E-state index is 12.6. The zero-order valence-corrected chi connectivity index (χ0v) is 15.5. The molecule has 27 heavy (non-hydrogen) atoms. The van der Waals surface area contributed by atoms with Gasteiger partial charge in [0.05, 0.1) is 14.2 Å². The van der Waals surface area contributed by atoms with Crippen LogP contribution < -0.4 is 20.1 Å². The van der Waals surface area contributed by atoms with E-state index in [-0.39, 0.29) is 11.8 Å². The Bertz CT molecular complexity index is 819. The zero-order chi connectivity index (χ0) is 19.3. The second-order valence-corrected chi connectivity index (χ2v) is 6.49. The average molecular weight is 369 g/mol. The topological polar surface area (TPSA) is 89.5 Å². The van der Waals surface area contributed by atoms with Crippen LogP contribution >= 0.6 is 0 Å². The van der Waals surface area contributed by atoms with Crippen molar-refractivity contribution in [2.24, 2.45) is 5.41 Å². The van der Waals surface area contributed by atoms with Gasteiger partial charge in [0, 0.05) is 25.5 Å². The lowest BCUT2D eigenvalue weighted by Crippen LogP contribution is -2.42. The summed E-state index contributed by atoms with van der Waals surface area (Å²) >= 11 is 0. The number of hydrogen-bond acceptors (Lipinski definition) is 5. The van der Waals surface area contributed by atoms with Crippen molar-refractivity contribution in [3.8, 4) is 11.5 Å². The summed E-state index contributed by atoms with van der Waals surface area (Å²) in [5.41, 5.74) is 0.859. The van der Waals surface area contributed by atoms with Gasteiger partial charge in [-0.15, -0.1) is 0 Å². The van der Waals surface area contributed by atoms with Crippen LogP contribution in [0.5, 0.6) is 11.5 Å². The molecule has 0 saturated heterocycles. The van der Waals surface area contributed by atoms with Crippen LogP contribution in [0.1, 0.15) is 24.0 Å². The predicted octanol–water partition coefficient (Wildman–Crippen LogP) is 1.81. The number of carbonyl (C=O) groups is 2. The predicted molar refractivity (Wildman–Crippen MR) is 99.1 cm³/mol. The Morgan fingerprint density at radius 3 is 2.07 bits per heavy atom. The number of nitrogens with one attached hydrogen (secondary N) is 2. The van der Waals surface area contributed by atoms with Crippen molar-refractivity contribution >= 4 is 11.8 Å². The normalized spacial score (nSPS) is 14.1. The molecule has 3 rings (SSSR count). The number of ether oxygens (including phenoxy) is 2.